The molecule has 18 heavy (non-hydrogen) atoms. The summed E-state index contributed by atoms with van der Waals surface area (Å²) in [4.78, 5) is 0. The molecule has 0 spiro atoms. The summed E-state index contributed by atoms with van der Waals surface area (Å²) >= 11 is 0. The first kappa shape index (κ1) is 20.3. The van der Waals surface area contributed by atoms with Crippen molar-refractivity contribution in [1.82, 2.24) is 0 Å². The Kier molecular flexibility index (Phi) is 25.0. The van der Waals surface area contributed by atoms with E-state index in [0.29, 0.717) is 6.61 Å². The molecule has 0 aromatic heterocycles. The van der Waals surface area contributed by atoms with E-state index in [1.54, 1.807) is 0 Å². The molecule has 0 aromatic rings. The fourth-order valence-electron chi connectivity index (χ4n) is 1.92. The molecule has 112 valence electrons. The molecule has 0 aliphatic heterocycles. The maximum atomic E-state index is 8.29. The first-order valence-corrected chi connectivity index (χ1v) is 8.44. The van der Waals surface area contributed by atoms with Gasteiger partial charge in [-0.05, 0) is 6.42 Å². The third-order valence-corrected chi connectivity index (χ3v) is 3.22. The summed E-state index contributed by atoms with van der Waals surface area (Å²) < 4.78 is 0. The van der Waals surface area contributed by atoms with E-state index in [2.05, 4.69) is 20.8 Å². The van der Waals surface area contributed by atoms with Crippen LogP contribution in [0.1, 0.15) is 104 Å². The zero-order valence-corrected chi connectivity index (χ0v) is 13.3. The third kappa shape index (κ3) is 25.0. The summed E-state index contributed by atoms with van der Waals surface area (Å²) in [5.74, 6) is 0. The quantitative estimate of drug-likeness (QED) is 0.420. The Labute approximate surface area is 116 Å². The Hall–Kier alpha value is -0.0400. The van der Waals surface area contributed by atoms with Crippen LogP contribution in [0.3, 0.4) is 0 Å². The lowest BCUT2D eigenvalue weighted by atomic mass is 10.1. The second-order valence-corrected chi connectivity index (χ2v) is 5.26. The van der Waals surface area contributed by atoms with Gasteiger partial charge in [-0.3, -0.25) is 0 Å². The Bertz CT molecular complexity index is 100. The molecule has 0 aliphatic rings. The van der Waals surface area contributed by atoms with E-state index in [9.17, 15) is 0 Å². The average Bonchev–Trinajstić information content (AvgIpc) is 2.39. The predicted octanol–water partition coefficient (Wildman–Crippen LogP) is 6.10. The van der Waals surface area contributed by atoms with Gasteiger partial charge in [0, 0.05) is 6.61 Å². The van der Waals surface area contributed by atoms with Crippen molar-refractivity contribution < 1.29 is 5.11 Å². The van der Waals surface area contributed by atoms with Crippen LogP contribution in [-0.2, 0) is 0 Å². The van der Waals surface area contributed by atoms with Crippen molar-refractivity contribution in [2.45, 2.75) is 104 Å². The summed E-state index contributed by atoms with van der Waals surface area (Å²) in [5.41, 5.74) is 0. The van der Waals surface area contributed by atoms with Crippen molar-refractivity contribution in [1.29, 1.82) is 0 Å². The lowest BCUT2D eigenvalue weighted by molar-refractivity contribution is 0.283. The van der Waals surface area contributed by atoms with E-state index in [1.165, 1.54) is 77.0 Å². The van der Waals surface area contributed by atoms with Crippen molar-refractivity contribution in [2.75, 3.05) is 6.61 Å². The molecule has 1 heteroatoms. The van der Waals surface area contributed by atoms with E-state index >= 15 is 0 Å². The number of rotatable bonds is 12. The molecule has 0 aromatic carbocycles. The molecule has 0 fully saturated rings. The lowest BCUT2D eigenvalue weighted by Crippen LogP contribution is -1.80. The number of unbranched alkanes of at least 4 members (excludes halogenated alkanes) is 11. The molecule has 0 aliphatic carbocycles. The zero-order chi connectivity index (χ0) is 13.9. The minimum Gasteiger partial charge on any atom is -0.396 e. The molecule has 0 unspecified atom stereocenters. The summed E-state index contributed by atoms with van der Waals surface area (Å²) in [7, 11) is 0. The highest BCUT2D eigenvalue weighted by molar-refractivity contribution is 4.44. The van der Waals surface area contributed by atoms with Crippen LogP contribution in [-0.4, -0.2) is 11.7 Å². The van der Waals surface area contributed by atoms with Crippen molar-refractivity contribution in [3.05, 3.63) is 0 Å². The van der Waals surface area contributed by atoms with E-state index in [-0.39, 0.29) is 0 Å². The SMILES string of the molecule is CCCCCCCCCCC.CCCCCCO. The predicted molar refractivity (Wildman–Crippen MR) is 84.1 cm³/mol. The van der Waals surface area contributed by atoms with Crippen LogP contribution in [0, 0.1) is 0 Å². The maximum Gasteiger partial charge on any atom is 0.0431 e. The Morgan fingerprint density at radius 3 is 1.00 bits per heavy atom. The highest BCUT2D eigenvalue weighted by Gasteiger charge is 1.89. The number of hydrogen-bond acceptors (Lipinski definition) is 1. The molecule has 0 saturated carbocycles. The van der Waals surface area contributed by atoms with Crippen molar-refractivity contribution in [2.24, 2.45) is 0 Å². The van der Waals surface area contributed by atoms with Gasteiger partial charge in [-0.1, -0.05) is 97.8 Å². The van der Waals surface area contributed by atoms with Gasteiger partial charge in [0.25, 0.3) is 0 Å². The first-order valence-electron chi connectivity index (χ1n) is 8.44. The molecular weight excluding hydrogens is 220 g/mol. The smallest absolute Gasteiger partial charge is 0.0431 e. The number of aliphatic hydroxyl groups is 1. The summed E-state index contributed by atoms with van der Waals surface area (Å²) in [6, 6.07) is 0. The van der Waals surface area contributed by atoms with Crippen molar-refractivity contribution in [3.63, 3.8) is 0 Å². The minimum atomic E-state index is 0.361. The Morgan fingerprint density at radius 2 is 0.722 bits per heavy atom. The van der Waals surface area contributed by atoms with Crippen LogP contribution in [0.5, 0.6) is 0 Å². The molecule has 0 saturated heterocycles. The van der Waals surface area contributed by atoms with Gasteiger partial charge >= 0.3 is 0 Å². The van der Waals surface area contributed by atoms with E-state index in [1.807, 2.05) is 0 Å². The van der Waals surface area contributed by atoms with Gasteiger partial charge in [0.15, 0.2) is 0 Å². The molecule has 1 N–H and O–H groups in total. The highest BCUT2D eigenvalue weighted by Crippen LogP contribution is 2.08. The van der Waals surface area contributed by atoms with Crippen LogP contribution in [0.4, 0.5) is 0 Å². The van der Waals surface area contributed by atoms with Crippen LogP contribution in [0.25, 0.3) is 0 Å². The van der Waals surface area contributed by atoms with Gasteiger partial charge in [-0.15, -0.1) is 0 Å². The van der Waals surface area contributed by atoms with Crippen LogP contribution >= 0.6 is 0 Å². The molecule has 0 atom stereocenters. The molecule has 0 rings (SSSR count). The van der Waals surface area contributed by atoms with Crippen LogP contribution < -0.4 is 0 Å². The monoisotopic (exact) mass is 258 g/mol. The summed E-state index contributed by atoms with van der Waals surface area (Å²) in [5, 5.41) is 8.29. The van der Waals surface area contributed by atoms with Gasteiger partial charge in [-0.25, -0.2) is 0 Å². The van der Waals surface area contributed by atoms with Gasteiger partial charge in [0.1, 0.15) is 0 Å². The third-order valence-electron chi connectivity index (χ3n) is 3.22. The van der Waals surface area contributed by atoms with Gasteiger partial charge in [0.2, 0.25) is 0 Å². The Morgan fingerprint density at radius 1 is 0.444 bits per heavy atom. The van der Waals surface area contributed by atoms with E-state index < -0.39 is 0 Å². The second-order valence-electron chi connectivity index (χ2n) is 5.26. The molecular formula is C17H38O. The average molecular weight is 258 g/mol. The second kappa shape index (κ2) is 22.2. The standard InChI is InChI=1S/C11H24.C6H14O/c1-3-5-7-9-11-10-8-6-4-2;1-2-3-4-5-6-7/h3-11H2,1-2H3;7H,2-6H2,1H3. The Balaban J connectivity index is 0. The number of aliphatic hydroxyl groups excluding tert-OH is 1. The van der Waals surface area contributed by atoms with E-state index in [0.717, 1.165) is 6.42 Å². The molecule has 0 radical (unpaired) electrons. The van der Waals surface area contributed by atoms with Crippen LogP contribution in [0.15, 0.2) is 0 Å². The van der Waals surface area contributed by atoms with Gasteiger partial charge in [-0.2, -0.15) is 0 Å². The van der Waals surface area contributed by atoms with Gasteiger partial charge < -0.3 is 5.11 Å². The largest absolute Gasteiger partial charge is 0.396 e. The topological polar surface area (TPSA) is 20.2 Å². The van der Waals surface area contributed by atoms with E-state index in [4.69, 9.17) is 5.11 Å². The fraction of sp³-hybridized carbons (Fsp3) is 1.00. The normalized spacial score (nSPS) is 10.0. The molecule has 1 nitrogen and oxygen atoms in total. The maximum absolute atomic E-state index is 8.29. The van der Waals surface area contributed by atoms with Gasteiger partial charge in [0.05, 0.1) is 0 Å². The fourth-order valence-corrected chi connectivity index (χ4v) is 1.92. The summed E-state index contributed by atoms with van der Waals surface area (Å²) in [6.07, 6.45) is 17.6. The minimum absolute atomic E-state index is 0.361. The highest BCUT2D eigenvalue weighted by atomic mass is 16.2. The molecule has 0 amide bonds. The molecule has 0 heterocycles. The van der Waals surface area contributed by atoms with Crippen molar-refractivity contribution in [3.8, 4) is 0 Å². The summed E-state index contributed by atoms with van der Waals surface area (Å²) in [6.45, 7) is 7.07. The lowest BCUT2D eigenvalue weighted by Gasteiger charge is -1.98. The number of hydrogen-bond donors (Lipinski definition) is 1. The first-order chi connectivity index (χ1) is 8.83. The molecule has 0 bridgehead atoms. The zero-order valence-electron chi connectivity index (χ0n) is 13.3. The van der Waals surface area contributed by atoms with Crippen molar-refractivity contribution >= 4 is 0 Å². The van der Waals surface area contributed by atoms with Crippen LogP contribution in [0.2, 0.25) is 0 Å².